The van der Waals surface area contributed by atoms with Crippen LogP contribution in [0.2, 0.25) is 0 Å². The van der Waals surface area contributed by atoms with Crippen LogP contribution in [-0.2, 0) is 10.0 Å². The maximum atomic E-state index is 13.1. The van der Waals surface area contributed by atoms with Crippen LogP contribution in [0.1, 0.15) is 0 Å². The largest absolute Gasteiger partial charge is 0.497 e. The van der Waals surface area contributed by atoms with Crippen molar-refractivity contribution in [3.63, 3.8) is 0 Å². The van der Waals surface area contributed by atoms with Gasteiger partial charge in [-0.2, -0.15) is 4.31 Å². The van der Waals surface area contributed by atoms with E-state index in [0.717, 1.165) is 22.8 Å². The number of anilines is 1. The topological polar surface area (TPSA) is 94.1 Å². The number of fused-ring (bicyclic) bond motifs is 1. The first-order chi connectivity index (χ1) is 16.0. The van der Waals surface area contributed by atoms with Crippen LogP contribution in [0.15, 0.2) is 59.5 Å². The Labute approximate surface area is 192 Å². The average Bonchev–Trinajstić information content (AvgIpc) is 2.88. The minimum atomic E-state index is -3.63. The zero-order valence-electron chi connectivity index (χ0n) is 18.2. The van der Waals surface area contributed by atoms with E-state index in [2.05, 4.69) is 10.2 Å². The minimum absolute atomic E-state index is 0.211. The lowest BCUT2D eigenvalue weighted by molar-refractivity contribution is 0.171. The Hall–Kier alpha value is -3.37. The number of hydrogen-bond acceptors (Lipinski definition) is 8. The molecular weight excluding hydrogens is 444 g/mol. The first-order valence-corrected chi connectivity index (χ1v) is 12.1. The van der Waals surface area contributed by atoms with E-state index in [0.29, 0.717) is 50.9 Å². The molecule has 0 bridgehead atoms. The monoisotopic (exact) mass is 468 g/mol. The normalized spacial score (nSPS) is 16.5. The van der Waals surface area contributed by atoms with Crippen LogP contribution in [0, 0.1) is 0 Å². The Morgan fingerprint density at radius 3 is 2.39 bits per heavy atom. The molecule has 2 aromatic carbocycles. The number of aromatic nitrogens is 2. The smallest absolute Gasteiger partial charge is 0.243 e. The molecule has 9 nitrogen and oxygen atoms in total. The van der Waals surface area contributed by atoms with Gasteiger partial charge >= 0.3 is 0 Å². The Morgan fingerprint density at radius 1 is 0.879 bits per heavy atom. The van der Waals surface area contributed by atoms with Crippen molar-refractivity contribution < 1.29 is 22.6 Å². The summed E-state index contributed by atoms with van der Waals surface area (Å²) in [5.41, 5.74) is 1.67. The average molecular weight is 469 g/mol. The van der Waals surface area contributed by atoms with Crippen LogP contribution in [0.25, 0.3) is 11.3 Å². The molecule has 5 rings (SSSR count). The van der Waals surface area contributed by atoms with Gasteiger partial charge in [-0.1, -0.05) is 12.1 Å². The van der Waals surface area contributed by atoms with E-state index in [4.69, 9.17) is 14.2 Å². The summed E-state index contributed by atoms with van der Waals surface area (Å²) in [7, 11) is -2.00. The predicted molar refractivity (Wildman–Crippen MR) is 122 cm³/mol. The quantitative estimate of drug-likeness (QED) is 0.564. The summed E-state index contributed by atoms with van der Waals surface area (Å²) in [5.74, 6) is 2.51. The second kappa shape index (κ2) is 8.87. The van der Waals surface area contributed by atoms with Crippen molar-refractivity contribution in [2.45, 2.75) is 4.90 Å². The van der Waals surface area contributed by atoms with Crippen LogP contribution < -0.4 is 19.1 Å². The van der Waals surface area contributed by atoms with Crippen LogP contribution in [0.5, 0.6) is 17.2 Å². The maximum absolute atomic E-state index is 13.1. The van der Waals surface area contributed by atoms with Gasteiger partial charge in [0.15, 0.2) is 17.3 Å². The van der Waals surface area contributed by atoms with Crippen LogP contribution >= 0.6 is 0 Å². The van der Waals surface area contributed by atoms with Gasteiger partial charge in [-0.25, -0.2) is 8.42 Å². The Balaban J connectivity index is 1.26. The summed E-state index contributed by atoms with van der Waals surface area (Å²) >= 11 is 0. The molecule has 1 fully saturated rings. The highest BCUT2D eigenvalue weighted by atomic mass is 32.2. The fourth-order valence-corrected chi connectivity index (χ4v) is 5.36. The predicted octanol–water partition coefficient (Wildman–Crippen LogP) is 2.43. The first-order valence-electron chi connectivity index (χ1n) is 10.7. The number of rotatable bonds is 5. The molecule has 0 atom stereocenters. The summed E-state index contributed by atoms with van der Waals surface area (Å²) in [6.45, 7) is 2.64. The van der Waals surface area contributed by atoms with E-state index in [9.17, 15) is 8.42 Å². The summed E-state index contributed by atoms with van der Waals surface area (Å²) in [4.78, 5) is 2.25. The maximum Gasteiger partial charge on any atom is 0.243 e. The third-order valence-electron chi connectivity index (χ3n) is 5.73. The van der Waals surface area contributed by atoms with Gasteiger partial charge in [-0.05, 0) is 36.4 Å². The van der Waals surface area contributed by atoms with Crippen molar-refractivity contribution in [3.05, 3.63) is 54.6 Å². The van der Waals surface area contributed by atoms with Gasteiger partial charge in [-0.3, -0.25) is 0 Å². The molecule has 0 radical (unpaired) electrons. The Bertz CT molecular complexity index is 1240. The van der Waals surface area contributed by atoms with Crippen molar-refractivity contribution in [2.24, 2.45) is 0 Å². The SMILES string of the molecule is COc1cccc(-c2ccc(N3CCN(S(=O)(=O)c4ccc5c(c4)OCCO5)CC3)nn2)c1. The summed E-state index contributed by atoms with van der Waals surface area (Å²) < 4.78 is 44.1. The molecule has 33 heavy (non-hydrogen) atoms. The van der Waals surface area contributed by atoms with E-state index < -0.39 is 10.0 Å². The van der Waals surface area contributed by atoms with E-state index in [1.54, 1.807) is 25.3 Å². The molecule has 0 saturated carbocycles. The number of methoxy groups -OCH3 is 1. The van der Waals surface area contributed by atoms with Crippen LogP contribution in [0.4, 0.5) is 5.82 Å². The zero-order valence-corrected chi connectivity index (χ0v) is 19.0. The van der Waals surface area contributed by atoms with Gasteiger partial charge in [0.1, 0.15) is 19.0 Å². The third kappa shape index (κ3) is 4.31. The van der Waals surface area contributed by atoms with E-state index in [1.165, 1.54) is 4.31 Å². The van der Waals surface area contributed by atoms with Crippen molar-refractivity contribution in [1.29, 1.82) is 0 Å². The van der Waals surface area contributed by atoms with Gasteiger partial charge in [0.25, 0.3) is 0 Å². The molecule has 172 valence electrons. The molecule has 3 aromatic rings. The van der Waals surface area contributed by atoms with Gasteiger partial charge in [0.05, 0.1) is 17.7 Å². The molecule has 0 unspecified atom stereocenters. The molecule has 2 aliphatic heterocycles. The van der Waals surface area contributed by atoms with Gasteiger partial charge in [0.2, 0.25) is 10.0 Å². The van der Waals surface area contributed by atoms with Crippen molar-refractivity contribution in [3.8, 4) is 28.5 Å². The summed E-state index contributed by atoms with van der Waals surface area (Å²) in [6, 6.07) is 16.2. The molecule has 0 amide bonds. The minimum Gasteiger partial charge on any atom is -0.497 e. The van der Waals surface area contributed by atoms with Crippen molar-refractivity contribution in [1.82, 2.24) is 14.5 Å². The molecule has 0 spiro atoms. The standard InChI is InChI=1S/C23H24N4O5S/c1-30-18-4-2-3-17(15-18)20-6-8-23(25-24-20)26-9-11-27(12-10-26)33(28,29)19-5-7-21-22(16-19)32-14-13-31-21/h2-8,15-16H,9-14H2,1H3. The van der Waals surface area contributed by atoms with Gasteiger partial charge < -0.3 is 19.1 Å². The molecule has 2 aliphatic rings. The van der Waals surface area contributed by atoms with Crippen LogP contribution in [-0.4, -0.2) is 69.4 Å². The Morgan fingerprint density at radius 2 is 1.67 bits per heavy atom. The van der Waals surface area contributed by atoms with E-state index in [1.807, 2.05) is 41.3 Å². The first kappa shape index (κ1) is 21.5. The van der Waals surface area contributed by atoms with Gasteiger partial charge in [-0.15, -0.1) is 10.2 Å². The fourth-order valence-electron chi connectivity index (χ4n) is 3.92. The second-order valence-electron chi connectivity index (χ2n) is 7.71. The van der Waals surface area contributed by atoms with E-state index in [-0.39, 0.29) is 4.90 Å². The highest BCUT2D eigenvalue weighted by molar-refractivity contribution is 7.89. The van der Waals surface area contributed by atoms with E-state index >= 15 is 0 Å². The molecule has 10 heteroatoms. The summed E-state index contributed by atoms with van der Waals surface area (Å²) in [6.07, 6.45) is 0. The van der Waals surface area contributed by atoms with Gasteiger partial charge in [0, 0.05) is 37.8 Å². The molecular formula is C23H24N4O5S. The molecule has 1 aromatic heterocycles. The summed E-state index contributed by atoms with van der Waals surface area (Å²) in [5, 5.41) is 8.72. The lowest BCUT2D eigenvalue weighted by atomic mass is 10.1. The molecule has 3 heterocycles. The zero-order chi connectivity index (χ0) is 22.8. The molecule has 1 saturated heterocycles. The number of hydrogen-bond donors (Lipinski definition) is 0. The number of nitrogens with zero attached hydrogens (tertiary/aromatic N) is 4. The number of sulfonamides is 1. The van der Waals surface area contributed by atoms with Crippen molar-refractivity contribution in [2.75, 3.05) is 51.4 Å². The number of piperazine rings is 1. The Kier molecular flexibility index (Phi) is 5.77. The van der Waals surface area contributed by atoms with Crippen LogP contribution in [0.3, 0.4) is 0 Å². The lowest BCUT2D eigenvalue weighted by Gasteiger charge is -2.34. The molecule has 0 N–H and O–H groups in total. The number of ether oxygens (including phenoxy) is 3. The highest BCUT2D eigenvalue weighted by Crippen LogP contribution is 2.33. The fraction of sp³-hybridized carbons (Fsp3) is 0.304. The highest BCUT2D eigenvalue weighted by Gasteiger charge is 2.30. The third-order valence-corrected chi connectivity index (χ3v) is 7.62. The second-order valence-corrected chi connectivity index (χ2v) is 9.64. The number of benzene rings is 2. The lowest BCUT2D eigenvalue weighted by Crippen LogP contribution is -2.49. The molecule has 0 aliphatic carbocycles. The van der Waals surface area contributed by atoms with Crippen molar-refractivity contribution >= 4 is 15.8 Å².